The molecule has 1 saturated heterocycles. The molecule has 1 spiro atoms. The molecule has 31 heavy (non-hydrogen) atoms. The molecule has 2 fully saturated rings. The predicted octanol–water partition coefficient (Wildman–Crippen LogP) is 4.40. The number of rotatable bonds is 3. The Bertz CT molecular complexity index is 1060. The van der Waals surface area contributed by atoms with Crippen LogP contribution in [-0.2, 0) is 29.4 Å². The van der Waals surface area contributed by atoms with Crippen molar-refractivity contribution in [2.45, 2.75) is 29.9 Å². The van der Waals surface area contributed by atoms with Crippen LogP contribution in [0.1, 0.15) is 35.6 Å². The van der Waals surface area contributed by atoms with E-state index in [4.69, 9.17) is 25.8 Å². The first kappa shape index (κ1) is 20.3. The Morgan fingerprint density at radius 1 is 1.03 bits per heavy atom. The number of carbonyl (C=O) groups is 2. The zero-order chi connectivity index (χ0) is 21.8. The molecule has 0 unspecified atom stereocenters. The molecular formula is C25H23ClO5. The van der Waals surface area contributed by atoms with Gasteiger partial charge >= 0.3 is 11.9 Å². The van der Waals surface area contributed by atoms with Crippen LogP contribution in [0.25, 0.3) is 6.08 Å². The summed E-state index contributed by atoms with van der Waals surface area (Å²) in [6, 6.07) is 17.8. The number of methoxy groups -OCH3 is 2. The molecule has 5 rings (SSSR count). The minimum absolute atomic E-state index is 0.200. The second-order valence-electron chi connectivity index (χ2n) is 8.39. The lowest BCUT2D eigenvalue weighted by Crippen LogP contribution is -2.54. The highest BCUT2D eigenvalue weighted by Gasteiger charge is 2.72. The summed E-state index contributed by atoms with van der Waals surface area (Å²) >= 11 is 6.90. The van der Waals surface area contributed by atoms with Gasteiger partial charge in [0.1, 0.15) is 11.7 Å². The van der Waals surface area contributed by atoms with Crippen LogP contribution < -0.4 is 0 Å². The Hall–Kier alpha value is -2.63. The fourth-order valence-electron chi connectivity index (χ4n) is 5.75. The standard InChI is InChI=1S/C25H23ClO5/c1-29-22(27)24(23(28)30-2)14-19-20(26)13-16(12-15-8-4-3-5-9-15)25(19)18-11-7-6-10-17(18)21(24)31-25/h3-12,19-21H,13-14H2,1-2H3/b16-12+/t19-,20+,21-,25+/m0/s1. The summed E-state index contributed by atoms with van der Waals surface area (Å²) in [6.07, 6.45) is 2.12. The maximum atomic E-state index is 13.1. The van der Waals surface area contributed by atoms with E-state index in [1.807, 2.05) is 54.6 Å². The second-order valence-corrected chi connectivity index (χ2v) is 8.95. The smallest absolute Gasteiger partial charge is 0.326 e. The van der Waals surface area contributed by atoms with Gasteiger partial charge in [-0.2, -0.15) is 0 Å². The predicted molar refractivity (Wildman–Crippen MR) is 115 cm³/mol. The van der Waals surface area contributed by atoms with Gasteiger partial charge in [-0.05, 0) is 35.1 Å². The van der Waals surface area contributed by atoms with Crippen LogP contribution in [-0.4, -0.2) is 31.5 Å². The van der Waals surface area contributed by atoms with Crippen molar-refractivity contribution in [3.63, 3.8) is 0 Å². The molecule has 2 aromatic rings. The number of alkyl halides is 1. The van der Waals surface area contributed by atoms with Crippen molar-refractivity contribution in [1.82, 2.24) is 0 Å². The molecule has 2 aliphatic heterocycles. The lowest BCUT2D eigenvalue weighted by molar-refractivity contribution is -0.213. The maximum absolute atomic E-state index is 13.1. The van der Waals surface area contributed by atoms with E-state index in [0.29, 0.717) is 6.42 Å². The number of ether oxygens (including phenoxy) is 3. The van der Waals surface area contributed by atoms with Crippen LogP contribution in [0.2, 0.25) is 0 Å². The first-order valence-corrected chi connectivity index (χ1v) is 10.8. The molecule has 2 bridgehead atoms. The Balaban J connectivity index is 1.75. The number of fused-ring (bicyclic) bond motifs is 3. The zero-order valence-corrected chi connectivity index (χ0v) is 18.1. The molecule has 0 radical (unpaired) electrons. The molecule has 160 valence electrons. The van der Waals surface area contributed by atoms with E-state index in [0.717, 1.165) is 22.3 Å². The van der Waals surface area contributed by atoms with Crippen molar-refractivity contribution in [2.24, 2.45) is 11.3 Å². The van der Waals surface area contributed by atoms with Crippen molar-refractivity contribution in [3.05, 3.63) is 76.9 Å². The van der Waals surface area contributed by atoms with Gasteiger partial charge in [0, 0.05) is 11.3 Å². The van der Waals surface area contributed by atoms with Crippen LogP contribution >= 0.6 is 11.6 Å². The van der Waals surface area contributed by atoms with Crippen LogP contribution in [0.5, 0.6) is 0 Å². The largest absolute Gasteiger partial charge is 0.468 e. The molecule has 1 saturated carbocycles. The zero-order valence-electron chi connectivity index (χ0n) is 17.3. The van der Waals surface area contributed by atoms with E-state index in [1.54, 1.807) is 0 Å². The Labute approximate surface area is 185 Å². The lowest BCUT2D eigenvalue weighted by Gasteiger charge is -2.46. The van der Waals surface area contributed by atoms with E-state index >= 15 is 0 Å². The lowest BCUT2D eigenvalue weighted by atomic mass is 9.69. The van der Waals surface area contributed by atoms with Gasteiger partial charge in [-0.15, -0.1) is 11.6 Å². The van der Waals surface area contributed by atoms with E-state index in [2.05, 4.69) is 6.08 Å². The van der Waals surface area contributed by atoms with Gasteiger partial charge in [-0.3, -0.25) is 9.59 Å². The monoisotopic (exact) mass is 438 g/mol. The van der Waals surface area contributed by atoms with Crippen LogP contribution in [0.15, 0.2) is 60.2 Å². The average Bonchev–Trinajstić information content (AvgIpc) is 3.25. The summed E-state index contributed by atoms with van der Waals surface area (Å²) in [6.45, 7) is 0. The topological polar surface area (TPSA) is 61.8 Å². The Morgan fingerprint density at radius 3 is 2.35 bits per heavy atom. The van der Waals surface area contributed by atoms with Crippen molar-refractivity contribution in [1.29, 1.82) is 0 Å². The normalized spacial score (nSPS) is 31.1. The average molecular weight is 439 g/mol. The van der Waals surface area contributed by atoms with Crippen LogP contribution in [0, 0.1) is 11.3 Å². The van der Waals surface area contributed by atoms with Crippen molar-refractivity contribution >= 4 is 29.6 Å². The molecule has 2 heterocycles. The van der Waals surface area contributed by atoms with E-state index in [-0.39, 0.29) is 17.7 Å². The Kier molecular flexibility index (Phi) is 4.72. The van der Waals surface area contributed by atoms with Crippen molar-refractivity contribution in [2.75, 3.05) is 14.2 Å². The highest BCUT2D eigenvalue weighted by atomic mass is 35.5. The van der Waals surface area contributed by atoms with Crippen molar-refractivity contribution < 1.29 is 23.8 Å². The fourth-order valence-corrected chi connectivity index (χ4v) is 6.18. The van der Waals surface area contributed by atoms with E-state index in [1.165, 1.54) is 14.2 Å². The summed E-state index contributed by atoms with van der Waals surface area (Å²) in [5.41, 5.74) is 1.51. The highest BCUT2D eigenvalue weighted by Crippen LogP contribution is 2.69. The van der Waals surface area contributed by atoms with Gasteiger partial charge in [0.2, 0.25) is 0 Å². The first-order chi connectivity index (χ1) is 15.0. The third-order valence-electron chi connectivity index (χ3n) is 7.03. The van der Waals surface area contributed by atoms with Gasteiger partial charge in [0.05, 0.1) is 14.2 Å². The number of halogens is 1. The minimum atomic E-state index is -1.60. The van der Waals surface area contributed by atoms with Gasteiger partial charge in [0.15, 0.2) is 5.41 Å². The van der Waals surface area contributed by atoms with Gasteiger partial charge < -0.3 is 14.2 Å². The van der Waals surface area contributed by atoms with Gasteiger partial charge in [-0.25, -0.2) is 0 Å². The molecule has 1 aliphatic carbocycles. The molecule has 4 atom stereocenters. The SMILES string of the molecule is COC(=O)C1(C(=O)OC)C[C@H]2[C@H](Cl)C/C(=C\c3ccccc3)[C@]23O[C@H]1c1ccccc13. The summed E-state index contributed by atoms with van der Waals surface area (Å²) < 4.78 is 17.0. The molecule has 2 aromatic carbocycles. The second kappa shape index (κ2) is 7.21. The van der Waals surface area contributed by atoms with Gasteiger partial charge in [0.25, 0.3) is 0 Å². The third-order valence-corrected chi connectivity index (χ3v) is 7.49. The number of hydrogen-bond donors (Lipinski definition) is 0. The maximum Gasteiger partial charge on any atom is 0.326 e. The first-order valence-electron chi connectivity index (χ1n) is 10.3. The summed E-state index contributed by atoms with van der Waals surface area (Å²) in [5, 5.41) is -0.309. The molecule has 6 heteroatoms. The van der Waals surface area contributed by atoms with Gasteiger partial charge in [-0.1, -0.05) is 60.7 Å². The molecule has 5 nitrogen and oxygen atoms in total. The molecule has 0 aromatic heterocycles. The molecule has 0 amide bonds. The third kappa shape index (κ3) is 2.60. The Morgan fingerprint density at radius 2 is 1.68 bits per heavy atom. The summed E-state index contributed by atoms with van der Waals surface area (Å²) in [5.74, 6) is -1.60. The number of benzene rings is 2. The van der Waals surface area contributed by atoms with Crippen molar-refractivity contribution in [3.8, 4) is 0 Å². The molecular weight excluding hydrogens is 416 g/mol. The summed E-state index contributed by atoms with van der Waals surface area (Å²) in [4.78, 5) is 26.2. The molecule has 0 N–H and O–H groups in total. The number of esters is 2. The number of hydrogen-bond acceptors (Lipinski definition) is 5. The van der Waals surface area contributed by atoms with Crippen LogP contribution in [0.4, 0.5) is 0 Å². The fraction of sp³-hybridized carbons (Fsp3) is 0.360. The van der Waals surface area contributed by atoms with E-state index < -0.39 is 29.1 Å². The minimum Gasteiger partial charge on any atom is -0.468 e. The number of carbonyl (C=O) groups excluding carboxylic acids is 2. The van der Waals surface area contributed by atoms with Crippen LogP contribution in [0.3, 0.4) is 0 Å². The summed E-state index contributed by atoms with van der Waals surface area (Å²) in [7, 11) is 2.56. The quantitative estimate of drug-likeness (QED) is 0.404. The molecule has 3 aliphatic rings. The van der Waals surface area contributed by atoms with E-state index in [9.17, 15) is 9.59 Å². The highest BCUT2D eigenvalue weighted by molar-refractivity contribution is 6.21.